The Bertz CT molecular complexity index is 1060. The van der Waals surface area contributed by atoms with Crippen molar-refractivity contribution in [1.82, 2.24) is 20.6 Å². The molecule has 1 aromatic heterocycles. The molecule has 2 aliphatic carbocycles. The van der Waals surface area contributed by atoms with E-state index in [-0.39, 0.29) is 30.5 Å². The summed E-state index contributed by atoms with van der Waals surface area (Å²) in [5.41, 5.74) is 1.97. The van der Waals surface area contributed by atoms with Gasteiger partial charge in [-0.05, 0) is 49.9 Å². The van der Waals surface area contributed by atoms with Gasteiger partial charge >= 0.3 is 6.03 Å². The van der Waals surface area contributed by atoms with Crippen molar-refractivity contribution in [2.24, 2.45) is 5.41 Å². The Morgan fingerprint density at radius 3 is 2.51 bits per heavy atom. The number of anilines is 2. The van der Waals surface area contributed by atoms with Gasteiger partial charge in [0.25, 0.3) is 0 Å². The molecule has 10 nitrogen and oxygen atoms in total. The summed E-state index contributed by atoms with van der Waals surface area (Å²) < 4.78 is 5.51. The number of morpholine rings is 1. The number of amides is 3. The maximum Gasteiger partial charge on any atom is 0.319 e. The normalized spacial score (nSPS) is 18.6. The first kappa shape index (κ1) is 23.5. The molecule has 1 saturated heterocycles. The zero-order valence-electron chi connectivity index (χ0n) is 19.8. The third-order valence-electron chi connectivity index (χ3n) is 6.67. The van der Waals surface area contributed by atoms with Crippen LogP contribution >= 0.6 is 0 Å². The zero-order valence-corrected chi connectivity index (χ0v) is 19.8. The number of carbonyl (C=O) groups excluding carboxylic acids is 2. The summed E-state index contributed by atoms with van der Waals surface area (Å²) in [5.74, 6) is 1.60. The number of aromatic nitrogens is 2. The van der Waals surface area contributed by atoms with Gasteiger partial charge in [0.15, 0.2) is 5.82 Å². The molecule has 4 N–H and O–H groups in total. The Kier molecular flexibility index (Phi) is 6.83. The second-order valence-electron chi connectivity index (χ2n) is 9.53. The van der Waals surface area contributed by atoms with Crippen LogP contribution < -0.4 is 20.9 Å². The number of hydrogen-bond donors (Lipinski definition) is 4. The number of nitrogens with one attached hydrogen (secondary N) is 3. The largest absolute Gasteiger partial charge is 0.395 e. The van der Waals surface area contributed by atoms with Crippen molar-refractivity contribution < 1.29 is 19.4 Å². The van der Waals surface area contributed by atoms with Gasteiger partial charge in [0.1, 0.15) is 5.82 Å². The summed E-state index contributed by atoms with van der Waals surface area (Å²) in [6, 6.07) is 9.32. The molecule has 1 aromatic carbocycles. The van der Waals surface area contributed by atoms with Gasteiger partial charge < -0.3 is 30.7 Å². The lowest BCUT2D eigenvalue weighted by Crippen LogP contribution is -2.37. The highest BCUT2D eigenvalue weighted by molar-refractivity contribution is 5.89. The number of aliphatic hydroxyl groups excluding tert-OH is 1. The van der Waals surface area contributed by atoms with Crippen LogP contribution in [0.3, 0.4) is 0 Å². The SMILES string of the molecule is O=C(NCCO)Nc1ccc(-c2nc(CC3(C(=O)NC4CC4)CC3)cc(N3CCOCC3)n2)cc1. The van der Waals surface area contributed by atoms with E-state index >= 15 is 0 Å². The fourth-order valence-corrected chi connectivity index (χ4v) is 4.25. The molecule has 10 heteroatoms. The highest BCUT2D eigenvalue weighted by atomic mass is 16.5. The van der Waals surface area contributed by atoms with Crippen LogP contribution in [0.4, 0.5) is 16.3 Å². The van der Waals surface area contributed by atoms with E-state index in [4.69, 9.17) is 19.8 Å². The third kappa shape index (κ3) is 5.88. The minimum absolute atomic E-state index is 0.116. The Balaban J connectivity index is 1.37. The average Bonchev–Trinajstić information content (AvgIpc) is 3.81. The number of ether oxygens (including phenoxy) is 1. The number of nitrogens with zero attached hydrogens (tertiary/aromatic N) is 3. The molecule has 3 fully saturated rings. The molecule has 0 unspecified atom stereocenters. The van der Waals surface area contributed by atoms with E-state index in [1.807, 2.05) is 18.2 Å². The molecule has 2 heterocycles. The molecule has 5 rings (SSSR count). The summed E-state index contributed by atoms with van der Waals surface area (Å²) in [7, 11) is 0. The number of rotatable bonds is 9. The molecule has 1 aliphatic heterocycles. The first-order valence-electron chi connectivity index (χ1n) is 12.3. The second kappa shape index (κ2) is 10.2. The number of hydrogen-bond acceptors (Lipinski definition) is 7. The third-order valence-corrected chi connectivity index (χ3v) is 6.67. The quantitative estimate of drug-likeness (QED) is 0.430. The molecule has 0 atom stereocenters. The summed E-state index contributed by atoms with van der Waals surface area (Å²) >= 11 is 0. The molecule has 2 saturated carbocycles. The van der Waals surface area contributed by atoms with E-state index in [2.05, 4.69) is 20.9 Å². The van der Waals surface area contributed by atoms with Gasteiger partial charge in [-0.25, -0.2) is 14.8 Å². The van der Waals surface area contributed by atoms with Crippen LogP contribution in [-0.4, -0.2) is 72.5 Å². The van der Waals surface area contributed by atoms with Crippen LogP contribution in [0.15, 0.2) is 30.3 Å². The fourth-order valence-electron chi connectivity index (χ4n) is 4.25. The molecule has 0 radical (unpaired) electrons. The lowest BCUT2D eigenvalue weighted by atomic mass is 9.98. The van der Waals surface area contributed by atoms with Crippen LogP contribution in [0.5, 0.6) is 0 Å². The van der Waals surface area contributed by atoms with E-state index in [0.29, 0.717) is 37.2 Å². The van der Waals surface area contributed by atoms with Crippen molar-refractivity contribution in [2.45, 2.75) is 38.1 Å². The monoisotopic (exact) mass is 480 g/mol. The van der Waals surface area contributed by atoms with E-state index in [1.54, 1.807) is 12.1 Å². The zero-order chi connectivity index (χ0) is 24.3. The van der Waals surface area contributed by atoms with Crippen molar-refractivity contribution in [3.63, 3.8) is 0 Å². The highest BCUT2D eigenvalue weighted by Crippen LogP contribution is 2.49. The molecular weight excluding hydrogens is 448 g/mol. The molecule has 3 aliphatic rings. The van der Waals surface area contributed by atoms with Crippen LogP contribution in [0, 0.1) is 5.41 Å². The van der Waals surface area contributed by atoms with Gasteiger partial charge in [0.05, 0.1) is 25.2 Å². The van der Waals surface area contributed by atoms with Gasteiger partial charge in [0.2, 0.25) is 5.91 Å². The van der Waals surface area contributed by atoms with Crippen LogP contribution in [-0.2, 0) is 16.0 Å². The lowest BCUT2D eigenvalue weighted by Gasteiger charge is -2.28. The van der Waals surface area contributed by atoms with E-state index in [9.17, 15) is 9.59 Å². The van der Waals surface area contributed by atoms with Crippen molar-refractivity contribution in [3.8, 4) is 11.4 Å². The van der Waals surface area contributed by atoms with E-state index in [0.717, 1.165) is 55.8 Å². The second-order valence-corrected chi connectivity index (χ2v) is 9.53. The first-order chi connectivity index (χ1) is 17.0. The number of carbonyl (C=O) groups is 2. The van der Waals surface area contributed by atoms with E-state index in [1.165, 1.54) is 0 Å². The number of urea groups is 1. The van der Waals surface area contributed by atoms with Gasteiger partial charge in [-0.3, -0.25) is 4.79 Å². The van der Waals surface area contributed by atoms with Crippen LogP contribution in [0.2, 0.25) is 0 Å². The van der Waals surface area contributed by atoms with E-state index < -0.39 is 0 Å². The first-order valence-corrected chi connectivity index (χ1v) is 12.3. The summed E-state index contributed by atoms with van der Waals surface area (Å²) in [5, 5.41) is 17.3. The molecule has 2 aromatic rings. The minimum atomic E-state index is -0.376. The highest BCUT2D eigenvalue weighted by Gasteiger charge is 2.51. The van der Waals surface area contributed by atoms with Crippen molar-refractivity contribution in [3.05, 3.63) is 36.0 Å². The molecular formula is C25H32N6O4. The molecule has 186 valence electrons. The van der Waals surface area contributed by atoms with Crippen LogP contribution in [0.1, 0.15) is 31.4 Å². The van der Waals surface area contributed by atoms with Crippen molar-refractivity contribution in [1.29, 1.82) is 0 Å². The van der Waals surface area contributed by atoms with Gasteiger partial charge in [-0.2, -0.15) is 0 Å². The predicted molar refractivity (Wildman–Crippen MR) is 131 cm³/mol. The number of benzene rings is 1. The summed E-state index contributed by atoms with van der Waals surface area (Å²) in [6.07, 6.45) is 4.53. The fraction of sp³-hybridized carbons (Fsp3) is 0.520. The Morgan fingerprint density at radius 1 is 1.11 bits per heavy atom. The van der Waals surface area contributed by atoms with Crippen molar-refractivity contribution in [2.75, 3.05) is 49.7 Å². The standard InChI is InChI=1S/C25H32N6O4/c32-12-9-26-24(34)29-19-3-1-17(2-4-19)22-27-20(15-21(30-22)31-10-13-35-14-11-31)16-25(7-8-25)23(33)28-18-5-6-18/h1-4,15,18,32H,5-14,16H2,(H,28,33)(H2,26,29,34). The Morgan fingerprint density at radius 2 is 1.86 bits per heavy atom. The van der Waals surface area contributed by atoms with Crippen LogP contribution in [0.25, 0.3) is 11.4 Å². The molecule has 0 bridgehead atoms. The Hall–Kier alpha value is -3.24. The van der Waals surface area contributed by atoms with Gasteiger partial charge in [-0.1, -0.05) is 0 Å². The topological polar surface area (TPSA) is 129 Å². The Labute approximate surface area is 204 Å². The van der Waals surface area contributed by atoms with Gasteiger partial charge in [0, 0.05) is 55.1 Å². The average molecular weight is 481 g/mol. The maximum atomic E-state index is 12.9. The molecule has 3 amide bonds. The summed E-state index contributed by atoms with van der Waals surface area (Å²) in [6.45, 7) is 2.90. The van der Waals surface area contributed by atoms with Crippen molar-refractivity contribution >= 4 is 23.4 Å². The smallest absolute Gasteiger partial charge is 0.319 e. The minimum Gasteiger partial charge on any atom is -0.395 e. The number of aliphatic hydroxyl groups is 1. The predicted octanol–water partition coefficient (Wildman–Crippen LogP) is 1.70. The molecule has 0 spiro atoms. The summed E-state index contributed by atoms with van der Waals surface area (Å²) in [4.78, 5) is 36.6. The molecule has 35 heavy (non-hydrogen) atoms. The van der Waals surface area contributed by atoms with Gasteiger partial charge in [-0.15, -0.1) is 0 Å². The lowest BCUT2D eigenvalue weighted by molar-refractivity contribution is -0.126. The maximum absolute atomic E-state index is 12.9.